The third-order valence-corrected chi connectivity index (χ3v) is 7.22. The van der Waals surface area contributed by atoms with E-state index in [1.54, 1.807) is 0 Å². The Morgan fingerprint density at radius 2 is 1.61 bits per heavy atom. The van der Waals surface area contributed by atoms with Gasteiger partial charge >= 0.3 is 7.12 Å². The smallest absolute Gasteiger partial charge is 0.403 e. The first-order valence-corrected chi connectivity index (χ1v) is 12.1. The van der Waals surface area contributed by atoms with E-state index in [1.807, 2.05) is 34.9 Å². The Bertz CT molecular complexity index is 680. The van der Waals surface area contributed by atoms with Crippen molar-refractivity contribution >= 4 is 31.3 Å². The number of nitrogens with one attached hydrogen (secondary N) is 2. The summed E-state index contributed by atoms with van der Waals surface area (Å²) in [6.45, 7) is 16.5. The minimum atomic E-state index is -0.914. The van der Waals surface area contributed by atoms with Crippen LogP contribution in [0.1, 0.15) is 81.1 Å². The zero-order valence-corrected chi connectivity index (χ0v) is 23.3. The fourth-order valence-corrected chi connectivity index (χ4v) is 5.05. The molecular formula is C24H47BClN3O4. The van der Waals surface area contributed by atoms with Crippen molar-refractivity contribution in [3.63, 3.8) is 0 Å². The standard InChI is InChI=1S/C24H46BN3O4.ClH/c1-17(29)26-24(20(30)27-21(2,3)4)15-18(11-12-19(24)16-28(9)10)13-14-25-31-22(5,6)23(7,8)32-25;/h18-19H,11-16H2,1-10H3,(H,26,29)(H,27,30);1H/t18-,19-,24+;/m0./s1. The third kappa shape index (κ3) is 7.58. The number of amides is 2. The summed E-state index contributed by atoms with van der Waals surface area (Å²) in [5.74, 6) is 0.124. The second kappa shape index (κ2) is 10.8. The van der Waals surface area contributed by atoms with Crippen LogP contribution in [-0.2, 0) is 18.9 Å². The van der Waals surface area contributed by atoms with E-state index in [0.29, 0.717) is 12.3 Å². The van der Waals surface area contributed by atoms with Crippen LogP contribution in [0, 0.1) is 11.8 Å². The Morgan fingerprint density at radius 1 is 1.06 bits per heavy atom. The van der Waals surface area contributed by atoms with Crippen LogP contribution in [0.4, 0.5) is 0 Å². The van der Waals surface area contributed by atoms with Crippen molar-refractivity contribution in [1.82, 2.24) is 15.5 Å². The summed E-state index contributed by atoms with van der Waals surface area (Å²) < 4.78 is 12.4. The summed E-state index contributed by atoms with van der Waals surface area (Å²) in [5, 5.41) is 6.27. The summed E-state index contributed by atoms with van der Waals surface area (Å²) >= 11 is 0. The van der Waals surface area contributed by atoms with Gasteiger partial charge in [0.25, 0.3) is 0 Å². The Hall–Kier alpha value is -0.825. The summed E-state index contributed by atoms with van der Waals surface area (Å²) in [4.78, 5) is 28.0. The topological polar surface area (TPSA) is 79.9 Å². The van der Waals surface area contributed by atoms with Crippen LogP contribution in [0.2, 0.25) is 6.32 Å². The van der Waals surface area contributed by atoms with Crippen molar-refractivity contribution in [1.29, 1.82) is 0 Å². The molecule has 0 radical (unpaired) electrons. The molecule has 0 unspecified atom stereocenters. The molecular weight excluding hydrogens is 441 g/mol. The minimum absolute atomic E-state index is 0. The van der Waals surface area contributed by atoms with E-state index in [4.69, 9.17) is 9.31 Å². The fraction of sp³-hybridized carbons (Fsp3) is 0.917. The molecule has 0 spiro atoms. The Kier molecular flexibility index (Phi) is 9.92. The normalized spacial score (nSPS) is 28.9. The molecule has 192 valence electrons. The second-order valence-corrected chi connectivity index (χ2v) is 12.2. The van der Waals surface area contributed by atoms with Crippen LogP contribution in [0.5, 0.6) is 0 Å². The first-order chi connectivity index (χ1) is 14.5. The molecule has 9 heteroatoms. The van der Waals surface area contributed by atoms with Gasteiger partial charge in [0.05, 0.1) is 11.2 Å². The number of halogens is 1. The molecule has 2 rings (SSSR count). The quantitative estimate of drug-likeness (QED) is 0.536. The maximum Gasteiger partial charge on any atom is 0.457 e. The summed E-state index contributed by atoms with van der Waals surface area (Å²) in [5.41, 5.74) is -1.97. The van der Waals surface area contributed by atoms with Crippen LogP contribution in [0.15, 0.2) is 0 Å². The van der Waals surface area contributed by atoms with Gasteiger partial charge in [-0.15, -0.1) is 12.4 Å². The molecule has 3 atom stereocenters. The van der Waals surface area contributed by atoms with Crippen molar-refractivity contribution in [2.24, 2.45) is 11.8 Å². The summed E-state index contributed by atoms with van der Waals surface area (Å²) in [6.07, 6.45) is 4.24. The molecule has 1 aliphatic heterocycles. The monoisotopic (exact) mass is 487 g/mol. The van der Waals surface area contributed by atoms with Crippen molar-refractivity contribution in [3.05, 3.63) is 0 Å². The van der Waals surface area contributed by atoms with Crippen molar-refractivity contribution in [3.8, 4) is 0 Å². The minimum Gasteiger partial charge on any atom is -0.403 e. The molecule has 1 saturated carbocycles. The average molecular weight is 488 g/mol. The first kappa shape index (κ1) is 30.2. The Balaban J connectivity index is 0.00000544. The maximum absolute atomic E-state index is 13.6. The molecule has 1 aliphatic carbocycles. The predicted octanol–water partition coefficient (Wildman–Crippen LogP) is 3.66. The van der Waals surface area contributed by atoms with Crippen LogP contribution in [0.3, 0.4) is 0 Å². The number of hydrogen-bond donors (Lipinski definition) is 2. The lowest BCUT2D eigenvalue weighted by atomic mass is 9.64. The highest BCUT2D eigenvalue weighted by molar-refractivity contribution is 6.45. The van der Waals surface area contributed by atoms with E-state index >= 15 is 0 Å². The van der Waals surface area contributed by atoms with Gasteiger partial charge in [-0.3, -0.25) is 9.59 Å². The fourth-order valence-electron chi connectivity index (χ4n) is 5.05. The second-order valence-electron chi connectivity index (χ2n) is 12.2. The molecule has 33 heavy (non-hydrogen) atoms. The lowest BCUT2D eigenvalue weighted by Gasteiger charge is -2.48. The maximum atomic E-state index is 13.6. The molecule has 1 saturated heterocycles. The highest BCUT2D eigenvalue weighted by atomic mass is 35.5. The predicted molar refractivity (Wildman–Crippen MR) is 137 cm³/mol. The molecule has 1 heterocycles. The lowest BCUT2D eigenvalue weighted by Crippen LogP contribution is -2.68. The molecule has 2 fully saturated rings. The van der Waals surface area contributed by atoms with Crippen molar-refractivity contribution in [2.75, 3.05) is 20.6 Å². The van der Waals surface area contributed by atoms with Crippen LogP contribution in [0.25, 0.3) is 0 Å². The molecule has 7 nitrogen and oxygen atoms in total. The third-order valence-electron chi connectivity index (χ3n) is 7.22. The molecule has 2 amide bonds. The largest absolute Gasteiger partial charge is 0.457 e. The Labute approximate surface area is 208 Å². The molecule has 0 aromatic rings. The highest BCUT2D eigenvalue weighted by Gasteiger charge is 2.53. The first-order valence-electron chi connectivity index (χ1n) is 12.1. The lowest BCUT2D eigenvalue weighted by molar-refractivity contribution is -0.139. The molecule has 0 aromatic carbocycles. The van der Waals surface area contributed by atoms with Gasteiger partial charge in [-0.1, -0.05) is 6.42 Å². The van der Waals surface area contributed by atoms with Crippen LogP contribution >= 0.6 is 12.4 Å². The van der Waals surface area contributed by atoms with E-state index in [-0.39, 0.29) is 54.0 Å². The number of carbonyl (C=O) groups excluding carboxylic acids is 2. The molecule has 0 bridgehead atoms. The summed E-state index contributed by atoms with van der Waals surface area (Å²) in [6, 6.07) is 0. The van der Waals surface area contributed by atoms with Crippen LogP contribution in [-0.4, -0.2) is 66.8 Å². The zero-order valence-electron chi connectivity index (χ0n) is 22.5. The van der Waals surface area contributed by atoms with Crippen molar-refractivity contribution in [2.45, 2.75) is 110 Å². The van der Waals surface area contributed by atoms with E-state index in [9.17, 15) is 9.59 Å². The van der Waals surface area contributed by atoms with E-state index in [2.05, 4.69) is 43.2 Å². The van der Waals surface area contributed by atoms with Gasteiger partial charge in [-0.25, -0.2) is 0 Å². The van der Waals surface area contributed by atoms with Crippen molar-refractivity contribution < 1.29 is 18.9 Å². The van der Waals surface area contributed by atoms with Gasteiger partial charge in [-0.2, -0.15) is 0 Å². The molecule has 2 N–H and O–H groups in total. The molecule has 2 aliphatic rings. The van der Waals surface area contributed by atoms with Gasteiger partial charge in [-0.05, 0) is 94.1 Å². The SMILES string of the molecule is CC(=O)N[C@]1(C(=O)NC(C)(C)C)C[C@H](CCB2OC(C)(C)C(C)(C)O2)CC[C@H]1CN(C)C.Cl. The number of hydrogen-bond acceptors (Lipinski definition) is 5. The van der Waals surface area contributed by atoms with Gasteiger partial charge < -0.3 is 24.8 Å². The van der Waals surface area contributed by atoms with E-state index in [1.165, 1.54) is 6.92 Å². The van der Waals surface area contributed by atoms with Gasteiger partial charge in [0, 0.05) is 24.9 Å². The number of nitrogens with zero attached hydrogens (tertiary/aromatic N) is 1. The summed E-state index contributed by atoms with van der Waals surface area (Å²) in [7, 11) is 3.80. The van der Waals surface area contributed by atoms with Gasteiger partial charge in [0.2, 0.25) is 11.8 Å². The Morgan fingerprint density at radius 3 is 2.06 bits per heavy atom. The van der Waals surface area contributed by atoms with E-state index in [0.717, 1.165) is 32.1 Å². The highest BCUT2D eigenvalue weighted by Crippen LogP contribution is 2.43. The zero-order chi connectivity index (χ0) is 24.5. The number of rotatable bonds is 7. The molecule has 0 aromatic heterocycles. The van der Waals surface area contributed by atoms with E-state index < -0.39 is 5.54 Å². The van der Waals surface area contributed by atoms with Gasteiger partial charge in [0.15, 0.2) is 0 Å². The van der Waals surface area contributed by atoms with Gasteiger partial charge in [0.1, 0.15) is 5.54 Å². The number of carbonyl (C=O) groups is 2. The van der Waals surface area contributed by atoms with Crippen LogP contribution < -0.4 is 10.6 Å². The average Bonchev–Trinajstić information content (AvgIpc) is 2.79.